The van der Waals surface area contributed by atoms with E-state index in [9.17, 15) is 19.2 Å². The maximum Gasteiger partial charge on any atom is 0.338 e. The number of rotatable bonds is 11. The van der Waals surface area contributed by atoms with E-state index in [2.05, 4.69) is 17.1 Å². The molecule has 2 aromatic carbocycles. The molecule has 1 atom stereocenters. The first-order valence-corrected chi connectivity index (χ1v) is 14.8. The van der Waals surface area contributed by atoms with Gasteiger partial charge in [-0.15, -0.1) is 0 Å². The van der Waals surface area contributed by atoms with Crippen LogP contribution in [0.4, 0.5) is 11.4 Å². The van der Waals surface area contributed by atoms with Crippen molar-refractivity contribution in [1.29, 1.82) is 0 Å². The monoisotopic (exact) mass is 594 g/mol. The summed E-state index contributed by atoms with van der Waals surface area (Å²) in [6.45, 7) is 9.47. The van der Waals surface area contributed by atoms with E-state index in [-0.39, 0.29) is 31.4 Å². The van der Waals surface area contributed by atoms with Crippen LogP contribution in [0.1, 0.15) is 60.7 Å². The number of amides is 2. The van der Waals surface area contributed by atoms with Crippen LogP contribution in [0.2, 0.25) is 0 Å². The van der Waals surface area contributed by atoms with Gasteiger partial charge >= 0.3 is 11.9 Å². The Kier molecular flexibility index (Phi) is 10.6. The molecule has 2 saturated heterocycles. The van der Waals surface area contributed by atoms with Crippen molar-refractivity contribution in [2.24, 2.45) is 5.92 Å². The van der Waals surface area contributed by atoms with Gasteiger partial charge in [-0.3, -0.25) is 14.5 Å². The van der Waals surface area contributed by atoms with Crippen molar-refractivity contribution in [3.05, 3.63) is 59.7 Å². The molecule has 2 heterocycles. The molecular weight excluding hydrogens is 556 g/mol. The molecule has 4 rings (SSSR count). The van der Waals surface area contributed by atoms with Crippen LogP contribution in [0.5, 0.6) is 0 Å². The summed E-state index contributed by atoms with van der Waals surface area (Å²) >= 11 is 5.80. The molecule has 2 fully saturated rings. The average Bonchev–Trinajstić information content (AvgIpc) is 3.21. The molecule has 0 bridgehead atoms. The van der Waals surface area contributed by atoms with Gasteiger partial charge in [0.25, 0.3) is 5.91 Å². The predicted octanol–water partition coefficient (Wildman–Crippen LogP) is 4.10. The molecule has 2 aliphatic heterocycles. The van der Waals surface area contributed by atoms with Crippen LogP contribution < -0.4 is 10.2 Å². The Hall–Kier alpha value is -3.83. The van der Waals surface area contributed by atoms with E-state index in [0.717, 1.165) is 32.5 Å². The molecule has 2 amide bonds. The van der Waals surface area contributed by atoms with Gasteiger partial charge in [-0.1, -0.05) is 6.92 Å². The van der Waals surface area contributed by atoms with Gasteiger partial charge in [0, 0.05) is 18.8 Å². The van der Waals surface area contributed by atoms with E-state index in [1.165, 1.54) is 4.90 Å². The number of nitrogens with one attached hydrogen (secondary N) is 1. The number of esters is 2. The average molecular weight is 595 g/mol. The Morgan fingerprint density at radius 2 is 1.43 bits per heavy atom. The highest BCUT2D eigenvalue weighted by atomic mass is 32.1. The minimum absolute atomic E-state index is 0.104. The molecule has 11 heteroatoms. The van der Waals surface area contributed by atoms with Gasteiger partial charge in [0.15, 0.2) is 5.11 Å². The van der Waals surface area contributed by atoms with Crippen LogP contribution in [0.3, 0.4) is 0 Å². The molecule has 2 aromatic rings. The Bertz CT molecular complexity index is 1290. The molecule has 0 saturated carbocycles. The number of carbonyl (C=O) groups excluding carboxylic acids is 4. The highest BCUT2D eigenvalue weighted by molar-refractivity contribution is 7.80. The number of likely N-dealkylation sites (tertiary alicyclic amines) is 1. The normalized spacial score (nSPS) is 17.8. The third kappa shape index (κ3) is 7.51. The molecule has 0 radical (unpaired) electrons. The molecule has 42 heavy (non-hydrogen) atoms. The molecular formula is C31H38N4O6S. The van der Waals surface area contributed by atoms with E-state index in [0.29, 0.717) is 40.1 Å². The van der Waals surface area contributed by atoms with Gasteiger partial charge in [0.05, 0.1) is 36.4 Å². The number of piperidine rings is 1. The molecule has 224 valence electrons. The van der Waals surface area contributed by atoms with Crippen molar-refractivity contribution in [3.8, 4) is 0 Å². The fourth-order valence-electron chi connectivity index (χ4n) is 5.11. The van der Waals surface area contributed by atoms with Crippen molar-refractivity contribution in [2.45, 2.75) is 46.1 Å². The summed E-state index contributed by atoms with van der Waals surface area (Å²) in [7, 11) is 0. The zero-order valence-corrected chi connectivity index (χ0v) is 25.2. The molecule has 2 aliphatic rings. The second-order valence-electron chi connectivity index (χ2n) is 10.5. The van der Waals surface area contributed by atoms with Crippen molar-refractivity contribution < 1.29 is 28.7 Å². The lowest BCUT2D eigenvalue weighted by Crippen LogP contribution is -2.44. The number of thiocarbonyl (C=S) groups is 1. The Balaban J connectivity index is 1.49. The maximum atomic E-state index is 13.8. The molecule has 1 N–H and O–H groups in total. The minimum Gasteiger partial charge on any atom is -0.462 e. The van der Waals surface area contributed by atoms with E-state index in [1.54, 1.807) is 62.4 Å². The summed E-state index contributed by atoms with van der Waals surface area (Å²) in [5, 5.41) is 3.15. The highest BCUT2D eigenvalue weighted by Gasteiger charge is 2.44. The second-order valence-corrected chi connectivity index (χ2v) is 10.9. The number of anilines is 2. The van der Waals surface area contributed by atoms with Gasteiger partial charge in [-0.05, 0) is 106 Å². The summed E-state index contributed by atoms with van der Waals surface area (Å²) in [5.41, 5.74) is 1.78. The number of nitrogens with zero attached hydrogens (tertiary/aromatic N) is 3. The van der Waals surface area contributed by atoms with Crippen molar-refractivity contribution in [3.63, 3.8) is 0 Å². The van der Waals surface area contributed by atoms with E-state index < -0.39 is 18.0 Å². The number of benzene rings is 2. The zero-order chi connectivity index (χ0) is 30.2. The van der Waals surface area contributed by atoms with Crippen LogP contribution in [-0.2, 0) is 19.1 Å². The van der Waals surface area contributed by atoms with E-state index in [1.807, 2.05) is 4.90 Å². The van der Waals surface area contributed by atoms with Crippen LogP contribution >= 0.6 is 12.2 Å². The van der Waals surface area contributed by atoms with Crippen LogP contribution in [0.25, 0.3) is 0 Å². The molecule has 0 unspecified atom stereocenters. The first-order valence-electron chi connectivity index (χ1n) is 14.4. The van der Waals surface area contributed by atoms with Crippen molar-refractivity contribution in [2.75, 3.05) is 49.6 Å². The molecule has 0 aromatic heterocycles. The van der Waals surface area contributed by atoms with Crippen LogP contribution in [0.15, 0.2) is 48.5 Å². The third-order valence-electron chi connectivity index (χ3n) is 7.55. The number of hydrogen-bond donors (Lipinski definition) is 1. The summed E-state index contributed by atoms with van der Waals surface area (Å²) in [6.07, 6.45) is 2.15. The first-order chi connectivity index (χ1) is 20.2. The van der Waals surface area contributed by atoms with Crippen molar-refractivity contribution in [1.82, 2.24) is 9.80 Å². The number of ether oxygens (including phenoxy) is 2. The highest BCUT2D eigenvalue weighted by Crippen LogP contribution is 2.28. The fraction of sp³-hybridized carbons (Fsp3) is 0.452. The topological polar surface area (TPSA) is 108 Å². The predicted molar refractivity (Wildman–Crippen MR) is 163 cm³/mol. The smallest absolute Gasteiger partial charge is 0.338 e. The van der Waals surface area contributed by atoms with Gasteiger partial charge < -0.3 is 24.6 Å². The fourth-order valence-corrected chi connectivity index (χ4v) is 5.53. The molecule has 0 spiro atoms. The first kappa shape index (κ1) is 31.1. The number of carbonyl (C=O) groups is 4. The largest absolute Gasteiger partial charge is 0.462 e. The maximum absolute atomic E-state index is 13.8. The lowest BCUT2D eigenvalue weighted by atomic mass is 9.99. The van der Waals surface area contributed by atoms with Crippen molar-refractivity contribution >= 4 is 52.5 Å². The van der Waals surface area contributed by atoms with E-state index in [4.69, 9.17) is 21.7 Å². The van der Waals surface area contributed by atoms with Gasteiger partial charge in [-0.2, -0.15) is 0 Å². The molecule has 10 nitrogen and oxygen atoms in total. The molecule has 0 aliphatic carbocycles. The van der Waals surface area contributed by atoms with E-state index >= 15 is 0 Å². The SMILES string of the molecule is CCOC(=O)c1ccc(NC(=O)C[C@H]2C(=O)N(c3ccc(C(=O)OCC)cc3)C(=S)N2CCN2CCC(C)CC2)cc1. The quantitative estimate of drug-likeness (QED) is 0.304. The summed E-state index contributed by atoms with van der Waals surface area (Å²) < 4.78 is 10.1. The Morgan fingerprint density at radius 1 is 0.881 bits per heavy atom. The zero-order valence-electron chi connectivity index (χ0n) is 24.3. The lowest BCUT2D eigenvalue weighted by molar-refractivity contribution is -0.124. The van der Waals surface area contributed by atoms with Crippen LogP contribution in [-0.4, -0.2) is 84.1 Å². The number of hydrogen-bond acceptors (Lipinski definition) is 8. The Labute approximate surface area is 251 Å². The van der Waals surface area contributed by atoms with Crippen LogP contribution in [0, 0.1) is 5.92 Å². The lowest BCUT2D eigenvalue weighted by Gasteiger charge is -2.32. The van der Waals surface area contributed by atoms with Gasteiger partial charge in [0.2, 0.25) is 5.91 Å². The third-order valence-corrected chi connectivity index (χ3v) is 7.96. The van der Waals surface area contributed by atoms with Gasteiger partial charge in [-0.25, -0.2) is 9.59 Å². The Morgan fingerprint density at radius 3 is 1.98 bits per heavy atom. The van der Waals surface area contributed by atoms with Gasteiger partial charge in [0.1, 0.15) is 6.04 Å². The minimum atomic E-state index is -0.787. The second kappa shape index (κ2) is 14.4. The summed E-state index contributed by atoms with van der Waals surface area (Å²) in [6, 6.07) is 12.1. The standard InChI is InChI=1S/C31H38N4O6S/c1-4-40-29(38)22-6-10-24(11-7-22)32-27(36)20-26-28(37)35(25-12-8-23(9-13-25)30(39)41-5-2)31(42)34(26)19-18-33-16-14-21(3)15-17-33/h6-13,21,26H,4-5,14-20H2,1-3H3,(H,32,36)/t26-/m0/s1. The summed E-state index contributed by atoms with van der Waals surface area (Å²) in [5.74, 6) is -0.830. The summed E-state index contributed by atoms with van der Waals surface area (Å²) in [4.78, 5) is 56.6.